The van der Waals surface area contributed by atoms with E-state index in [4.69, 9.17) is 18.9 Å². The minimum atomic E-state index is -0.659. The normalized spacial score (nSPS) is 65.6. The second kappa shape index (κ2) is 3.79. The van der Waals surface area contributed by atoms with Gasteiger partial charge in [-0.05, 0) is 24.7 Å². The van der Waals surface area contributed by atoms with Gasteiger partial charge in [0.1, 0.15) is 29.5 Å². The summed E-state index contributed by atoms with van der Waals surface area (Å²) in [5.41, 5.74) is -1.01. The van der Waals surface area contributed by atoms with Crippen molar-refractivity contribution < 1.29 is 28.8 Å². The van der Waals surface area contributed by atoms with E-state index in [-0.39, 0.29) is 47.4 Å². The van der Waals surface area contributed by atoms with E-state index < -0.39 is 22.9 Å². The molecule has 4 aliphatic heterocycles. The second-order valence-electron chi connectivity index (χ2n) is 9.95. The highest BCUT2D eigenvalue weighted by molar-refractivity contribution is 5.91. The molecule has 6 nitrogen and oxygen atoms in total. The maximum Gasteiger partial charge on any atom is 0.334 e. The first-order chi connectivity index (χ1) is 12.3. The first-order valence-electron chi connectivity index (χ1n) is 9.93. The highest BCUT2D eigenvalue weighted by Gasteiger charge is 3.00. The fourth-order valence-corrected chi connectivity index (χ4v) is 7.73. The maximum absolute atomic E-state index is 12.1. The van der Waals surface area contributed by atoms with Gasteiger partial charge >= 0.3 is 5.97 Å². The van der Waals surface area contributed by atoms with Gasteiger partial charge in [-0.2, -0.15) is 0 Å². The summed E-state index contributed by atoms with van der Waals surface area (Å²) in [7, 11) is 0. The minimum absolute atomic E-state index is 0.0147. The lowest BCUT2D eigenvalue weighted by atomic mass is 9.46. The topological polar surface area (TPSA) is 84.1 Å². The molecular weight excluding hydrogens is 336 g/mol. The molecule has 6 heteroatoms. The Morgan fingerprint density at radius 1 is 1.23 bits per heavy atom. The van der Waals surface area contributed by atoms with Crippen LogP contribution in [0.15, 0.2) is 11.6 Å². The van der Waals surface area contributed by atoms with Gasteiger partial charge < -0.3 is 24.1 Å². The van der Waals surface area contributed by atoms with Crippen LogP contribution in [0.5, 0.6) is 0 Å². The maximum atomic E-state index is 12.1. The molecule has 140 valence electrons. The Balaban J connectivity index is 1.38. The zero-order valence-electron chi connectivity index (χ0n) is 15.2. The Bertz CT molecular complexity index is 806. The van der Waals surface area contributed by atoms with E-state index in [1.165, 1.54) is 0 Å². The van der Waals surface area contributed by atoms with Crippen molar-refractivity contribution in [1.82, 2.24) is 0 Å². The molecule has 0 radical (unpaired) electrons. The molecule has 26 heavy (non-hydrogen) atoms. The lowest BCUT2D eigenvalue weighted by molar-refractivity contribution is -0.135. The zero-order valence-corrected chi connectivity index (χ0v) is 15.2. The molecule has 0 aromatic heterocycles. The Labute approximate surface area is 151 Å². The van der Waals surface area contributed by atoms with E-state index in [0.717, 1.165) is 18.4 Å². The Kier molecular flexibility index (Phi) is 2.19. The molecule has 3 aliphatic carbocycles. The van der Waals surface area contributed by atoms with Crippen molar-refractivity contribution in [3.63, 3.8) is 0 Å². The molecule has 0 aromatic rings. The second-order valence-corrected chi connectivity index (χ2v) is 9.95. The van der Waals surface area contributed by atoms with Crippen LogP contribution in [0.25, 0.3) is 0 Å². The summed E-state index contributed by atoms with van der Waals surface area (Å²) in [6.07, 6.45) is 2.94. The third-order valence-electron chi connectivity index (χ3n) is 9.12. The van der Waals surface area contributed by atoms with Gasteiger partial charge in [-0.25, -0.2) is 4.79 Å². The van der Waals surface area contributed by atoms with Gasteiger partial charge in [0, 0.05) is 16.9 Å². The smallest absolute Gasteiger partial charge is 0.334 e. The van der Waals surface area contributed by atoms with Crippen LogP contribution >= 0.6 is 0 Å². The van der Waals surface area contributed by atoms with Crippen molar-refractivity contribution in [2.45, 2.75) is 74.8 Å². The monoisotopic (exact) mass is 360 g/mol. The standard InChI is InChI=1S/C20H24O6/c1-8(2)18-13(25-18)14-20(26-14)17(3)5-4-9-10(7-23-15(9)21)11(17)6-12-19(20,24-12)16(18)22/h4,8,10-14,16,22H,5-7H2,1-3H3/t10?,11-,12-,13-,14-,16+,17-,18-,19+,20+/m0/s1. The number of aliphatic hydroxyl groups is 1. The SMILES string of the molecule is CC(C)[C@]12O[C@H]1[C@@H]1O[C@]13[C@]1(O[C@H]1C[C@H]1C4COC(=O)C4=CC[C@@]13C)[C@@H]2O. The molecule has 10 atom stereocenters. The third-order valence-corrected chi connectivity index (χ3v) is 9.12. The predicted molar refractivity (Wildman–Crippen MR) is 87.0 cm³/mol. The van der Waals surface area contributed by atoms with Gasteiger partial charge in [0.05, 0.1) is 12.7 Å². The number of hydrogen-bond acceptors (Lipinski definition) is 6. The number of carbonyl (C=O) groups excluding carboxylic acids is 1. The number of aliphatic hydroxyl groups excluding tert-OH is 1. The summed E-state index contributed by atoms with van der Waals surface area (Å²) in [6.45, 7) is 6.95. The number of hydrogen-bond donors (Lipinski definition) is 1. The fraction of sp³-hybridized carbons (Fsp3) is 0.850. The van der Waals surface area contributed by atoms with Gasteiger partial charge in [-0.15, -0.1) is 0 Å². The van der Waals surface area contributed by atoms with Gasteiger partial charge in [0.15, 0.2) is 5.60 Å². The molecule has 4 heterocycles. The number of allylic oxidation sites excluding steroid dienone is 1. The van der Waals surface area contributed by atoms with Crippen molar-refractivity contribution >= 4 is 5.97 Å². The number of esters is 1. The minimum Gasteiger partial charge on any atom is -0.462 e. The van der Waals surface area contributed by atoms with E-state index in [1.54, 1.807) is 0 Å². The summed E-state index contributed by atoms with van der Waals surface area (Å²) < 4.78 is 24.3. The van der Waals surface area contributed by atoms with Crippen molar-refractivity contribution in [1.29, 1.82) is 0 Å². The van der Waals surface area contributed by atoms with Crippen molar-refractivity contribution in [3.05, 3.63) is 11.6 Å². The molecule has 2 spiro atoms. The van der Waals surface area contributed by atoms with Crippen LogP contribution < -0.4 is 0 Å². The first-order valence-corrected chi connectivity index (χ1v) is 9.93. The summed E-state index contributed by atoms with van der Waals surface area (Å²) in [5, 5.41) is 11.4. The number of cyclic esters (lactones) is 1. The van der Waals surface area contributed by atoms with Crippen LogP contribution in [0.1, 0.15) is 33.6 Å². The molecule has 2 saturated carbocycles. The van der Waals surface area contributed by atoms with Gasteiger partial charge in [0.25, 0.3) is 0 Å². The predicted octanol–water partition coefficient (Wildman–Crippen LogP) is 0.959. The summed E-state index contributed by atoms with van der Waals surface area (Å²) in [5.74, 6) is 0.450. The van der Waals surface area contributed by atoms with Crippen molar-refractivity contribution in [3.8, 4) is 0 Å². The molecule has 1 N–H and O–H groups in total. The van der Waals surface area contributed by atoms with Crippen LogP contribution in [-0.4, -0.2) is 58.9 Å². The highest BCUT2D eigenvalue weighted by atomic mass is 16.7. The number of epoxide rings is 3. The zero-order chi connectivity index (χ0) is 17.9. The number of ether oxygens (including phenoxy) is 4. The Morgan fingerprint density at radius 3 is 2.81 bits per heavy atom. The van der Waals surface area contributed by atoms with E-state index in [1.807, 2.05) is 0 Å². The average Bonchev–Trinajstić information content (AvgIpc) is 3.47. The van der Waals surface area contributed by atoms with Crippen LogP contribution in [0.2, 0.25) is 0 Å². The largest absolute Gasteiger partial charge is 0.462 e. The van der Waals surface area contributed by atoms with E-state index in [0.29, 0.717) is 6.61 Å². The molecule has 7 rings (SSSR count). The van der Waals surface area contributed by atoms with Gasteiger partial charge in [0.2, 0.25) is 0 Å². The molecule has 0 bridgehead atoms. The molecule has 1 unspecified atom stereocenters. The number of carbonyl (C=O) groups is 1. The Hall–Kier alpha value is -0.950. The van der Waals surface area contributed by atoms with Gasteiger partial charge in [-0.3, -0.25) is 0 Å². The highest BCUT2D eigenvalue weighted by Crippen LogP contribution is 2.82. The molecule has 4 saturated heterocycles. The van der Waals surface area contributed by atoms with E-state index in [2.05, 4.69) is 26.8 Å². The summed E-state index contributed by atoms with van der Waals surface area (Å²) >= 11 is 0. The van der Waals surface area contributed by atoms with Crippen molar-refractivity contribution in [2.24, 2.45) is 23.2 Å². The Morgan fingerprint density at radius 2 is 2.04 bits per heavy atom. The number of fused-ring (bicyclic) bond motifs is 5. The lowest BCUT2D eigenvalue weighted by Crippen LogP contribution is -2.69. The summed E-state index contributed by atoms with van der Waals surface area (Å²) in [6, 6.07) is 0. The van der Waals surface area contributed by atoms with E-state index in [9.17, 15) is 9.90 Å². The molecule has 7 aliphatic rings. The average molecular weight is 360 g/mol. The van der Waals surface area contributed by atoms with Crippen LogP contribution in [0.4, 0.5) is 0 Å². The van der Waals surface area contributed by atoms with Crippen molar-refractivity contribution in [2.75, 3.05) is 6.61 Å². The van der Waals surface area contributed by atoms with Crippen LogP contribution in [0.3, 0.4) is 0 Å². The number of rotatable bonds is 1. The summed E-state index contributed by atoms with van der Waals surface area (Å²) in [4.78, 5) is 12.1. The molecular formula is C20H24O6. The van der Waals surface area contributed by atoms with E-state index >= 15 is 0 Å². The fourth-order valence-electron chi connectivity index (χ4n) is 7.73. The lowest BCUT2D eigenvalue weighted by Gasteiger charge is -2.54. The van der Waals surface area contributed by atoms with Crippen LogP contribution in [0, 0.1) is 23.2 Å². The molecule has 6 fully saturated rings. The quantitative estimate of drug-likeness (QED) is 0.554. The molecule has 0 aromatic carbocycles. The molecule has 0 amide bonds. The first kappa shape index (κ1) is 15.0. The van der Waals surface area contributed by atoms with Gasteiger partial charge in [-0.1, -0.05) is 26.8 Å². The third kappa shape index (κ3) is 1.14. The van der Waals surface area contributed by atoms with Crippen LogP contribution in [-0.2, 0) is 23.7 Å².